The van der Waals surface area contributed by atoms with Crippen LogP contribution in [0, 0.1) is 13.8 Å². The zero-order valence-corrected chi connectivity index (χ0v) is 16.3. The predicted molar refractivity (Wildman–Crippen MR) is 105 cm³/mol. The molecule has 142 valence electrons. The van der Waals surface area contributed by atoms with Crippen LogP contribution in [0.25, 0.3) is 0 Å². The van der Waals surface area contributed by atoms with Gasteiger partial charge in [0.05, 0.1) is 6.42 Å². The first-order valence-corrected chi connectivity index (χ1v) is 9.01. The van der Waals surface area contributed by atoms with E-state index in [1.54, 1.807) is 37.3 Å². The Labute approximate surface area is 163 Å². The molecule has 2 rings (SSSR count). The number of esters is 1. The molecule has 0 bridgehead atoms. The first-order chi connectivity index (χ1) is 12.8. The van der Waals surface area contributed by atoms with Gasteiger partial charge >= 0.3 is 5.97 Å². The van der Waals surface area contributed by atoms with Gasteiger partial charge < -0.3 is 10.1 Å². The topological polar surface area (TPSA) is 72.5 Å². The molecule has 2 aromatic rings. The summed E-state index contributed by atoms with van der Waals surface area (Å²) in [5, 5.41) is 3.22. The maximum Gasteiger partial charge on any atom is 0.307 e. The molecule has 27 heavy (non-hydrogen) atoms. The molecular weight excluding hydrogens is 366 g/mol. The number of hydrogen-bond donors (Lipinski definition) is 1. The molecule has 0 aliphatic carbocycles. The van der Waals surface area contributed by atoms with Gasteiger partial charge in [0.1, 0.15) is 0 Å². The van der Waals surface area contributed by atoms with Gasteiger partial charge in [-0.2, -0.15) is 0 Å². The van der Waals surface area contributed by atoms with E-state index >= 15 is 0 Å². The summed E-state index contributed by atoms with van der Waals surface area (Å²) >= 11 is 6.02. The first kappa shape index (κ1) is 20.6. The molecule has 1 amide bonds. The lowest BCUT2D eigenvalue weighted by Gasteiger charge is -2.15. The van der Waals surface area contributed by atoms with Crippen LogP contribution in [0.15, 0.2) is 42.5 Å². The van der Waals surface area contributed by atoms with Crippen LogP contribution in [-0.4, -0.2) is 23.8 Å². The highest BCUT2D eigenvalue weighted by atomic mass is 35.5. The van der Waals surface area contributed by atoms with Gasteiger partial charge in [0.2, 0.25) is 0 Å². The minimum atomic E-state index is -0.981. The number of benzene rings is 2. The van der Waals surface area contributed by atoms with E-state index in [-0.39, 0.29) is 18.6 Å². The van der Waals surface area contributed by atoms with E-state index in [1.165, 1.54) is 6.92 Å². The molecule has 1 atom stereocenters. The van der Waals surface area contributed by atoms with Crippen LogP contribution >= 0.6 is 11.6 Å². The number of ketones is 1. The summed E-state index contributed by atoms with van der Waals surface area (Å²) in [7, 11) is 0. The largest absolute Gasteiger partial charge is 0.453 e. The number of carbonyl (C=O) groups excluding carboxylic acids is 3. The van der Waals surface area contributed by atoms with E-state index < -0.39 is 18.0 Å². The van der Waals surface area contributed by atoms with E-state index in [1.807, 2.05) is 19.1 Å². The lowest BCUT2D eigenvalue weighted by molar-refractivity contribution is -0.153. The number of hydrogen-bond acceptors (Lipinski definition) is 4. The molecule has 0 spiro atoms. The van der Waals surface area contributed by atoms with Crippen molar-refractivity contribution >= 4 is 34.9 Å². The van der Waals surface area contributed by atoms with E-state index in [2.05, 4.69) is 5.32 Å². The second-order valence-electron chi connectivity index (χ2n) is 6.32. The lowest BCUT2D eigenvalue weighted by Crippen LogP contribution is -2.30. The van der Waals surface area contributed by atoms with E-state index in [4.69, 9.17) is 16.3 Å². The van der Waals surface area contributed by atoms with Gasteiger partial charge in [-0.1, -0.05) is 47.5 Å². The molecule has 2 aromatic carbocycles. The molecule has 0 saturated heterocycles. The maximum atomic E-state index is 12.2. The summed E-state index contributed by atoms with van der Waals surface area (Å²) in [5.41, 5.74) is 2.90. The first-order valence-electron chi connectivity index (χ1n) is 8.63. The molecule has 6 heteroatoms. The van der Waals surface area contributed by atoms with Crippen LogP contribution < -0.4 is 5.32 Å². The van der Waals surface area contributed by atoms with Crippen molar-refractivity contribution in [3.63, 3.8) is 0 Å². The Morgan fingerprint density at radius 1 is 1.04 bits per heavy atom. The highest BCUT2D eigenvalue weighted by molar-refractivity contribution is 6.31. The number of amides is 1. The van der Waals surface area contributed by atoms with Crippen molar-refractivity contribution in [2.45, 2.75) is 39.7 Å². The zero-order chi connectivity index (χ0) is 20.0. The standard InChI is InChI=1S/C21H22ClNO4/c1-13-7-9-16(10-8-13)19(24)11-12-20(25)27-15(3)21(26)23-18-6-4-5-17(22)14(18)2/h4-10,15H,11-12H2,1-3H3,(H,23,26)/t15-/m0/s1. The molecule has 0 heterocycles. The number of aryl methyl sites for hydroxylation is 1. The van der Waals surface area contributed by atoms with Gasteiger partial charge in [0, 0.05) is 22.7 Å². The minimum Gasteiger partial charge on any atom is -0.453 e. The predicted octanol–water partition coefficient (Wildman–Crippen LogP) is 4.49. The molecule has 1 N–H and O–H groups in total. The number of carbonyl (C=O) groups is 3. The average molecular weight is 388 g/mol. The maximum absolute atomic E-state index is 12.2. The summed E-state index contributed by atoms with van der Waals surface area (Å²) in [5.74, 6) is -1.20. The molecule has 5 nitrogen and oxygen atoms in total. The number of halogens is 1. The van der Waals surface area contributed by atoms with Crippen LogP contribution in [0.4, 0.5) is 5.69 Å². The molecule has 0 fully saturated rings. The van der Waals surface area contributed by atoms with Gasteiger partial charge in [0.25, 0.3) is 5.91 Å². The number of rotatable bonds is 7. The Balaban J connectivity index is 1.83. The summed E-state index contributed by atoms with van der Waals surface area (Å²) in [6, 6.07) is 12.3. The normalized spacial score (nSPS) is 11.6. The third-order valence-corrected chi connectivity index (χ3v) is 4.54. The van der Waals surface area contributed by atoms with Crippen molar-refractivity contribution in [1.82, 2.24) is 0 Å². The van der Waals surface area contributed by atoms with E-state index in [0.717, 1.165) is 11.1 Å². The molecule has 0 aromatic heterocycles. The third-order valence-electron chi connectivity index (χ3n) is 4.13. The van der Waals surface area contributed by atoms with Crippen molar-refractivity contribution in [2.75, 3.05) is 5.32 Å². The van der Waals surface area contributed by atoms with Gasteiger partial charge in [-0.3, -0.25) is 14.4 Å². The van der Waals surface area contributed by atoms with Crippen molar-refractivity contribution in [1.29, 1.82) is 0 Å². The van der Waals surface area contributed by atoms with Gasteiger partial charge in [-0.05, 0) is 38.5 Å². The van der Waals surface area contributed by atoms with Crippen molar-refractivity contribution in [2.24, 2.45) is 0 Å². The fourth-order valence-electron chi connectivity index (χ4n) is 2.39. The molecule has 0 aliphatic rings. The van der Waals surface area contributed by atoms with Crippen molar-refractivity contribution < 1.29 is 19.1 Å². The quantitative estimate of drug-likeness (QED) is 0.561. The van der Waals surface area contributed by atoms with Gasteiger partial charge in [-0.25, -0.2) is 0 Å². The highest BCUT2D eigenvalue weighted by Crippen LogP contribution is 2.23. The minimum absolute atomic E-state index is 0.0314. The van der Waals surface area contributed by atoms with Crippen LogP contribution in [0.3, 0.4) is 0 Å². The Hall–Kier alpha value is -2.66. The number of nitrogens with one attached hydrogen (secondary N) is 1. The van der Waals surface area contributed by atoms with E-state index in [0.29, 0.717) is 16.3 Å². The third kappa shape index (κ3) is 5.93. The second kappa shape index (κ2) is 9.33. The smallest absolute Gasteiger partial charge is 0.307 e. The Bertz CT molecular complexity index is 846. The molecule has 0 saturated carbocycles. The fraction of sp³-hybridized carbons (Fsp3) is 0.286. The van der Waals surface area contributed by atoms with Crippen molar-refractivity contribution in [3.05, 3.63) is 64.2 Å². The second-order valence-corrected chi connectivity index (χ2v) is 6.73. The van der Waals surface area contributed by atoms with Crippen LogP contribution in [0.1, 0.15) is 41.3 Å². The van der Waals surface area contributed by atoms with Gasteiger partial charge in [0.15, 0.2) is 11.9 Å². The summed E-state index contributed by atoms with van der Waals surface area (Å²) in [6.07, 6.45) is -1.03. The summed E-state index contributed by atoms with van der Waals surface area (Å²) < 4.78 is 5.12. The van der Waals surface area contributed by atoms with Crippen LogP contribution in [-0.2, 0) is 14.3 Å². The Morgan fingerprint density at radius 3 is 2.37 bits per heavy atom. The molecule has 0 radical (unpaired) electrons. The SMILES string of the molecule is Cc1ccc(C(=O)CCC(=O)O[C@@H](C)C(=O)Nc2cccc(Cl)c2C)cc1. The monoisotopic (exact) mass is 387 g/mol. The lowest BCUT2D eigenvalue weighted by atomic mass is 10.1. The fourth-order valence-corrected chi connectivity index (χ4v) is 2.56. The van der Waals surface area contributed by atoms with E-state index in [9.17, 15) is 14.4 Å². The number of anilines is 1. The number of Topliss-reactive ketones (excluding diaryl/α,β-unsaturated/α-hetero) is 1. The summed E-state index contributed by atoms with van der Waals surface area (Å²) in [6.45, 7) is 5.20. The molecule has 0 unspecified atom stereocenters. The summed E-state index contributed by atoms with van der Waals surface area (Å²) in [4.78, 5) is 36.2. The van der Waals surface area contributed by atoms with Crippen molar-refractivity contribution in [3.8, 4) is 0 Å². The number of ether oxygens (including phenoxy) is 1. The van der Waals surface area contributed by atoms with Gasteiger partial charge in [-0.15, -0.1) is 0 Å². The van der Waals surface area contributed by atoms with Crippen LogP contribution in [0.2, 0.25) is 5.02 Å². The molecule has 0 aliphatic heterocycles. The average Bonchev–Trinajstić information content (AvgIpc) is 2.64. The zero-order valence-electron chi connectivity index (χ0n) is 15.5. The highest BCUT2D eigenvalue weighted by Gasteiger charge is 2.19. The molecular formula is C21H22ClNO4. The Morgan fingerprint density at radius 2 is 1.70 bits per heavy atom. The Kier molecular flexibility index (Phi) is 7.13. The van der Waals surface area contributed by atoms with Crippen LogP contribution in [0.5, 0.6) is 0 Å².